The molecule has 0 aliphatic heterocycles. The lowest BCUT2D eigenvalue weighted by atomic mass is 10.4. The third-order valence-corrected chi connectivity index (χ3v) is 1.38. The highest BCUT2D eigenvalue weighted by Gasteiger charge is 1.91. The molecule has 0 radical (unpaired) electrons. The fourth-order valence-electron chi connectivity index (χ4n) is 0.681. The summed E-state index contributed by atoms with van der Waals surface area (Å²) in [6.07, 6.45) is 1.58. The van der Waals surface area contributed by atoms with Gasteiger partial charge in [-0.3, -0.25) is 0 Å². The van der Waals surface area contributed by atoms with Crippen molar-refractivity contribution < 1.29 is 20.1 Å². The highest BCUT2D eigenvalue weighted by Crippen LogP contribution is 1.82. The Kier molecular flexibility index (Phi) is 14.0. The van der Waals surface area contributed by atoms with Crippen LogP contribution in [-0.4, -0.2) is 29.8 Å². The van der Waals surface area contributed by atoms with Crippen LogP contribution in [0.2, 0.25) is 0 Å². The predicted molar refractivity (Wildman–Crippen MR) is 62.9 cm³/mol. The molecule has 90 valence electrons. The summed E-state index contributed by atoms with van der Waals surface area (Å²) in [7, 11) is 0. The SMILES string of the molecule is C=CC(=O)OCCCO.O.c1ccccc1. The summed E-state index contributed by atoms with van der Waals surface area (Å²) >= 11 is 0. The Hall–Kier alpha value is -1.65. The zero-order valence-electron chi connectivity index (χ0n) is 9.13. The number of hydrogen-bond donors (Lipinski definition) is 1. The molecule has 0 spiro atoms. The fraction of sp³-hybridized carbons (Fsp3) is 0.250. The lowest BCUT2D eigenvalue weighted by molar-refractivity contribution is -0.137. The second kappa shape index (κ2) is 13.4. The van der Waals surface area contributed by atoms with Crippen LogP contribution < -0.4 is 0 Å². The molecule has 3 N–H and O–H groups in total. The molecular formula is C12H18O4. The summed E-state index contributed by atoms with van der Waals surface area (Å²) in [5, 5.41) is 8.23. The van der Waals surface area contributed by atoms with Crippen molar-refractivity contribution in [2.45, 2.75) is 6.42 Å². The minimum atomic E-state index is -0.441. The summed E-state index contributed by atoms with van der Waals surface area (Å²) in [6, 6.07) is 12.0. The maximum atomic E-state index is 10.3. The molecule has 1 rings (SSSR count). The van der Waals surface area contributed by atoms with Gasteiger partial charge in [0, 0.05) is 19.1 Å². The molecule has 0 unspecified atom stereocenters. The number of carbonyl (C=O) groups is 1. The van der Waals surface area contributed by atoms with Gasteiger partial charge in [0.2, 0.25) is 0 Å². The fourth-order valence-corrected chi connectivity index (χ4v) is 0.681. The second-order valence-corrected chi connectivity index (χ2v) is 2.60. The molecule has 0 saturated carbocycles. The molecule has 0 aliphatic carbocycles. The Morgan fingerprint density at radius 1 is 1.19 bits per heavy atom. The number of carbonyl (C=O) groups excluding carboxylic acids is 1. The van der Waals surface area contributed by atoms with E-state index in [1.165, 1.54) is 0 Å². The van der Waals surface area contributed by atoms with Crippen LogP contribution in [0.5, 0.6) is 0 Å². The molecule has 0 aromatic heterocycles. The van der Waals surface area contributed by atoms with E-state index in [0.717, 1.165) is 6.08 Å². The molecule has 4 heteroatoms. The molecule has 16 heavy (non-hydrogen) atoms. The van der Waals surface area contributed by atoms with Crippen molar-refractivity contribution in [1.29, 1.82) is 0 Å². The van der Waals surface area contributed by atoms with Crippen molar-refractivity contribution in [1.82, 2.24) is 0 Å². The van der Waals surface area contributed by atoms with Crippen LogP contribution >= 0.6 is 0 Å². The topological polar surface area (TPSA) is 78.0 Å². The van der Waals surface area contributed by atoms with E-state index in [-0.39, 0.29) is 18.7 Å². The van der Waals surface area contributed by atoms with Crippen molar-refractivity contribution in [3.63, 3.8) is 0 Å². The largest absolute Gasteiger partial charge is 0.462 e. The molecule has 0 fully saturated rings. The van der Waals surface area contributed by atoms with Gasteiger partial charge in [-0.15, -0.1) is 0 Å². The van der Waals surface area contributed by atoms with E-state index in [1.807, 2.05) is 36.4 Å². The number of ether oxygens (including phenoxy) is 1. The van der Waals surface area contributed by atoms with E-state index in [0.29, 0.717) is 6.42 Å². The van der Waals surface area contributed by atoms with E-state index < -0.39 is 5.97 Å². The Morgan fingerprint density at radius 3 is 1.94 bits per heavy atom. The summed E-state index contributed by atoms with van der Waals surface area (Å²) in [5.41, 5.74) is 0. The first kappa shape index (κ1) is 16.8. The summed E-state index contributed by atoms with van der Waals surface area (Å²) in [4.78, 5) is 10.3. The van der Waals surface area contributed by atoms with Crippen LogP contribution in [0.4, 0.5) is 0 Å². The number of rotatable bonds is 4. The van der Waals surface area contributed by atoms with E-state index in [1.54, 1.807) is 0 Å². The molecule has 1 aromatic carbocycles. The van der Waals surface area contributed by atoms with E-state index in [2.05, 4.69) is 11.3 Å². The van der Waals surface area contributed by atoms with Crippen LogP contribution in [0.25, 0.3) is 0 Å². The van der Waals surface area contributed by atoms with Gasteiger partial charge in [0.25, 0.3) is 0 Å². The Balaban J connectivity index is 0. The van der Waals surface area contributed by atoms with Gasteiger partial charge >= 0.3 is 5.97 Å². The van der Waals surface area contributed by atoms with Crippen LogP contribution in [0, 0.1) is 0 Å². The van der Waals surface area contributed by atoms with Crippen molar-refractivity contribution in [3.05, 3.63) is 49.1 Å². The van der Waals surface area contributed by atoms with Gasteiger partial charge in [0.05, 0.1) is 6.61 Å². The van der Waals surface area contributed by atoms with Crippen LogP contribution in [0.3, 0.4) is 0 Å². The highest BCUT2D eigenvalue weighted by molar-refractivity contribution is 5.81. The maximum absolute atomic E-state index is 10.3. The quantitative estimate of drug-likeness (QED) is 0.472. The third-order valence-electron chi connectivity index (χ3n) is 1.38. The second-order valence-electron chi connectivity index (χ2n) is 2.60. The Bertz CT molecular complexity index is 232. The normalized spacial score (nSPS) is 7.81. The average molecular weight is 226 g/mol. The smallest absolute Gasteiger partial charge is 0.330 e. The number of aliphatic hydroxyl groups excluding tert-OH is 1. The summed E-state index contributed by atoms with van der Waals surface area (Å²) < 4.78 is 4.51. The molecule has 4 nitrogen and oxygen atoms in total. The zero-order valence-corrected chi connectivity index (χ0v) is 9.13. The monoisotopic (exact) mass is 226 g/mol. The first-order chi connectivity index (χ1) is 7.31. The Morgan fingerprint density at radius 2 is 1.62 bits per heavy atom. The Labute approximate surface area is 95.5 Å². The third kappa shape index (κ3) is 12.4. The van der Waals surface area contributed by atoms with Crippen molar-refractivity contribution in [2.75, 3.05) is 13.2 Å². The van der Waals surface area contributed by atoms with Gasteiger partial charge in [0.15, 0.2) is 0 Å². The summed E-state index contributed by atoms with van der Waals surface area (Å²) in [6.45, 7) is 3.51. The van der Waals surface area contributed by atoms with Crippen molar-refractivity contribution in [3.8, 4) is 0 Å². The maximum Gasteiger partial charge on any atom is 0.330 e. The highest BCUT2D eigenvalue weighted by atomic mass is 16.5. The van der Waals surface area contributed by atoms with Crippen LogP contribution in [-0.2, 0) is 9.53 Å². The summed E-state index contributed by atoms with van der Waals surface area (Å²) in [5.74, 6) is -0.441. The van der Waals surface area contributed by atoms with Gasteiger partial charge in [-0.2, -0.15) is 0 Å². The van der Waals surface area contributed by atoms with Gasteiger partial charge in [-0.1, -0.05) is 43.0 Å². The first-order valence-corrected chi connectivity index (χ1v) is 4.71. The molecule has 0 bridgehead atoms. The number of aliphatic hydroxyl groups is 1. The number of benzene rings is 1. The molecule has 0 saturated heterocycles. The number of esters is 1. The predicted octanol–water partition coefficient (Wildman–Crippen LogP) is 0.960. The molecule has 0 amide bonds. The van der Waals surface area contributed by atoms with Crippen molar-refractivity contribution >= 4 is 5.97 Å². The van der Waals surface area contributed by atoms with Crippen LogP contribution in [0.1, 0.15) is 6.42 Å². The van der Waals surface area contributed by atoms with Crippen molar-refractivity contribution in [2.24, 2.45) is 0 Å². The minimum absolute atomic E-state index is 0. The molecule has 0 atom stereocenters. The van der Waals surface area contributed by atoms with Gasteiger partial charge in [-0.05, 0) is 0 Å². The number of hydrogen-bond acceptors (Lipinski definition) is 3. The van der Waals surface area contributed by atoms with E-state index in [9.17, 15) is 4.79 Å². The van der Waals surface area contributed by atoms with E-state index in [4.69, 9.17) is 5.11 Å². The average Bonchev–Trinajstić information content (AvgIpc) is 2.32. The lowest BCUT2D eigenvalue weighted by Gasteiger charge is -1.96. The molecule has 0 heterocycles. The standard InChI is InChI=1S/C6H10O3.C6H6.H2O/c1-2-6(8)9-5-3-4-7;1-2-4-6-5-3-1;/h2,7H,1,3-5H2;1-6H;1H2. The van der Waals surface area contributed by atoms with Gasteiger partial charge < -0.3 is 15.3 Å². The molecular weight excluding hydrogens is 208 g/mol. The first-order valence-electron chi connectivity index (χ1n) is 4.71. The zero-order chi connectivity index (χ0) is 11.4. The molecule has 0 aliphatic rings. The van der Waals surface area contributed by atoms with Gasteiger partial charge in [0.1, 0.15) is 0 Å². The minimum Gasteiger partial charge on any atom is -0.462 e. The van der Waals surface area contributed by atoms with E-state index >= 15 is 0 Å². The lowest BCUT2D eigenvalue weighted by Crippen LogP contribution is -2.02. The van der Waals surface area contributed by atoms with Gasteiger partial charge in [-0.25, -0.2) is 4.79 Å². The van der Waals surface area contributed by atoms with Crippen LogP contribution in [0.15, 0.2) is 49.1 Å². The molecule has 1 aromatic rings.